The van der Waals surface area contributed by atoms with Gasteiger partial charge in [0.25, 0.3) is 0 Å². The predicted octanol–water partition coefficient (Wildman–Crippen LogP) is 4.48. The molecule has 0 aliphatic carbocycles. The third kappa shape index (κ3) is 5.14. The molecule has 0 saturated carbocycles. The van der Waals surface area contributed by atoms with Crippen molar-refractivity contribution in [3.05, 3.63) is 58.3 Å². The van der Waals surface area contributed by atoms with Crippen LogP contribution in [-0.4, -0.2) is 11.1 Å². The van der Waals surface area contributed by atoms with Crippen LogP contribution >= 0.6 is 15.9 Å². The predicted molar refractivity (Wildman–Crippen MR) is 89.4 cm³/mol. The van der Waals surface area contributed by atoms with Gasteiger partial charge >= 0.3 is 0 Å². The number of rotatable bonds is 6. The molecule has 2 aromatic rings. The summed E-state index contributed by atoms with van der Waals surface area (Å²) in [5.41, 5.74) is 2.26. The number of ether oxygens (including phenoxy) is 1. The molecule has 0 spiro atoms. The quantitative estimate of drug-likeness (QED) is 0.781. The number of hydrogen-bond acceptors (Lipinski definition) is 3. The minimum Gasteiger partial charge on any atom is -0.491 e. The van der Waals surface area contributed by atoms with E-state index in [0.29, 0.717) is 0 Å². The van der Waals surface area contributed by atoms with Crippen LogP contribution in [0.4, 0.5) is 0 Å². The van der Waals surface area contributed by atoms with Gasteiger partial charge in [-0.1, -0.05) is 18.2 Å². The summed E-state index contributed by atoms with van der Waals surface area (Å²) in [4.78, 5) is 4.42. The van der Waals surface area contributed by atoms with Crippen LogP contribution in [0.1, 0.15) is 38.1 Å². The van der Waals surface area contributed by atoms with Gasteiger partial charge in [0.15, 0.2) is 0 Å². The van der Waals surface area contributed by atoms with Gasteiger partial charge in [-0.25, -0.2) is 4.98 Å². The van der Waals surface area contributed by atoms with E-state index in [2.05, 4.69) is 45.3 Å². The Hall–Kier alpha value is -1.39. The van der Waals surface area contributed by atoms with E-state index in [1.54, 1.807) is 0 Å². The largest absolute Gasteiger partial charge is 0.491 e. The fourth-order valence-corrected chi connectivity index (χ4v) is 2.41. The Kier molecular flexibility index (Phi) is 5.76. The number of nitrogens with zero attached hydrogens (tertiary/aromatic N) is 1. The van der Waals surface area contributed by atoms with Crippen LogP contribution in [-0.2, 0) is 6.54 Å². The van der Waals surface area contributed by atoms with Gasteiger partial charge in [0.2, 0.25) is 0 Å². The van der Waals surface area contributed by atoms with Crippen LogP contribution < -0.4 is 10.1 Å². The van der Waals surface area contributed by atoms with Gasteiger partial charge in [0.05, 0.1) is 11.8 Å². The highest BCUT2D eigenvalue weighted by molar-refractivity contribution is 9.10. The van der Waals surface area contributed by atoms with E-state index in [9.17, 15) is 0 Å². The molecule has 1 unspecified atom stereocenters. The van der Waals surface area contributed by atoms with Crippen LogP contribution in [0.15, 0.2) is 47.1 Å². The Morgan fingerprint density at radius 3 is 2.43 bits per heavy atom. The Morgan fingerprint density at radius 2 is 1.81 bits per heavy atom. The van der Waals surface area contributed by atoms with E-state index in [1.165, 1.54) is 5.56 Å². The lowest BCUT2D eigenvalue weighted by atomic mass is 10.1. The summed E-state index contributed by atoms with van der Waals surface area (Å²) >= 11 is 3.39. The van der Waals surface area contributed by atoms with Gasteiger partial charge in [-0.05, 0) is 66.5 Å². The summed E-state index contributed by atoms with van der Waals surface area (Å²) < 4.78 is 6.52. The molecule has 1 N–H and O–H groups in total. The summed E-state index contributed by atoms with van der Waals surface area (Å²) in [5, 5.41) is 3.48. The molecule has 112 valence electrons. The van der Waals surface area contributed by atoms with E-state index in [1.807, 2.05) is 44.2 Å². The third-order valence-electron chi connectivity index (χ3n) is 3.11. The average Bonchev–Trinajstić information content (AvgIpc) is 2.45. The van der Waals surface area contributed by atoms with Crippen LogP contribution in [0.5, 0.6) is 5.75 Å². The van der Waals surface area contributed by atoms with Gasteiger partial charge in [0, 0.05) is 12.6 Å². The molecule has 0 radical (unpaired) electrons. The zero-order valence-electron chi connectivity index (χ0n) is 12.6. The van der Waals surface area contributed by atoms with Crippen molar-refractivity contribution < 1.29 is 4.74 Å². The minimum atomic E-state index is 0.203. The highest BCUT2D eigenvalue weighted by Gasteiger charge is 2.06. The first-order valence-electron chi connectivity index (χ1n) is 7.16. The zero-order chi connectivity index (χ0) is 15.2. The zero-order valence-corrected chi connectivity index (χ0v) is 14.2. The molecule has 4 heteroatoms. The molecule has 0 amide bonds. The fourth-order valence-electron chi connectivity index (χ4n) is 2.03. The van der Waals surface area contributed by atoms with E-state index in [4.69, 9.17) is 4.74 Å². The Bertz CT molecular complexity index is 569. The molecule has 1 aromatic heterocycles. The molecule has 1 aromatic carbocycles. The summed E-state index contributed by atoms with van der Waals surface area (Å²) in [6.45, 7) is 6.95. The van der Waals surface area contributed by atoms with E-state index in [0.717, 1.165) is 22.6 Å². The van der Waals surface area contributed by atoms with Gasteiger partial charge < -0.3 is 10.1 Å². The Balaban J connectivity index is 1.92. The van der Waals surface area contributed by atoms with Crippen LogP contribution in [0.25, 0.3) is 0 Å². The molecule has 0 aliphatic heterocycles. The van der Waals surface area contributed by atoms with Crippen LogP contribution in [0, 0.1) is 0 Å². The lowest BCUT2D eigenvalue weighted by molar-refractivity contribution is 0.242. The van der Waals surface area contributed by atoms with Crippen molar-refractivity contribution in [2.45, 2.75) is 39.5 Å². The fraction of sp³-hybridized carbons (Fsp3) is 0.353. The molecule has 0 bridgehead atoms. The van der Waals surface area contributed by atoms with E-state index < -0.39 is 0 Å². The number of pyridine rings is 1. The monoisotopic (exact) mass is 348 g/mol. The van der Waals surface area contributed by atoms with Crippen molar-refractivity contribution >= 4 is 15.9 Å². The molecular weight excluding hydrogens is 328 g/mol. The molecule has 3 nitrogen and oxygen atoms in total. The normalized spacial score (nSPS) is 12.4. The number of halogens is 1. The standard InChI is InChI=1S/C17H21BrN2O/c1-12(2)21-16-9-7-14(8-10-16)13(3)19-11-15-5-4-6-17(18)20-15/h4-10,12-13,19H,11H2,1-3H3. The summed E-state index contributed by atoms with van der Waals surface area (Å²) in [7, 11) is 0. The molecule has 1 atom stereocenters. The SMILES string of the molecule is CC(C)Oc1ccc(C(C)NCc2cccc(Br)n2)cc1. The van der Waals surface area contributed by atoms with Gasteiger partial charge in [-0.15, -0.1) is 0 Å². The lowest BCUT2D eigenvalue weighted by Crippen LogP contribution is -2.18. The highest BCUT2D eigenvalue weighted by Crippen LogP contribution is 2.19. The van der Waals surface area contributed by atoms with Crippen LogP contribution in [0.2, 0.25) is 0 Å². The first kappa shape index (κ1) is 16.0. The lowest BCUT2D eigenvalue weighted by Gasteiger charge is -2.15. The van der Waals surface area contributed by atoms with Crippen molar-refractivity contribution in [1.82, 2.24) is 10.3 Å². The molecule has 1 heterocycles. The van der Waals surface area contributed by atoms with Crippen LogP contribution in [0.3, 0.4) is 0 Å². The Labute approximate surface area is 134 Å². The van der Waals surface area contributed by atoms with Crippen molar-refractivity contribution in [3.8, 4) is 5.75 Å². The topological polar surface area (TPSA) is 34.1 Å². The number of hydrogen-bond donors (Lipinski definition) is 1. The molecule has 0 saturated heterocycles. The molecule has 21 heavy (non-hydrogen) atoms. The number of nitrogens with one attached hydrogen (secondary N) is 1. The van der Waals surface area contributed by atoms with Crippen molar-refractivity contribution in [2.75, 3.05) is 0 Å². The summed E-state index contributed by atoms with van der Waals surface area (Å²) in [5.74, 6) is 0.912. The van der Waals surface area contributed by atoms with Crippen molar-refractivity contribution in [1.29, 1.82) is 0 Å². The second-order valence-corrected chi connectivity index (χ2v) is 6.10. The Morgan fingerprint density at radius 1 is 1.10 bits per heavy atom. The number of benzene rings is 1. The van der Waals surface area contributed by atoms with Crippen molar-refractivity contribution in [3.63, 3.8) is 0 Å². The molecule has 0 aliphatic rings. The highest BCUT2D eigenvalue weighted by atomic mass is 79.9. The maximum Gasteiger partial charge on any atom is 0.119 e. The maximum absolute atomic E-state index is 5.66. The minimum absolute atomic E-state index is 0.203. The molecular formula is C17H21BrN2O. The first-order valence-corrected chi connectivity index (χ1v) is 7.95. The van der Waals surface area contributed by atoms with Gasteiger partial charge in [-0.3, -0.25) is 0 Å². The second-order valence-electron chi connectivity index (χ2n) is 5.29. The summed E-state index contributed by atoms with van der Waals surface area (Å²) in [6.07, 6.45) is 0.203. The maximum atomic E-state index is 5.66. The smallest absolute Gasteiger partial charge is 0.119 e. The average molecular weight is 349 g/mol. The van der Waals surface area contributed by atoms with Gasteiger partial charge in [0.1, 0.15) is 10.4 Å². The van der Waals surface area contributed by atoms with E-state index >= 15 is 0 Å². The van der Waals surface area contributed by atoms with Gasteiger partial charge in [-0.2, -0.15) is 0 Å². The van der Waals surface area contributed by atoms with Crippen molar-refractivity contribution in [2.24, 2.45) is 0 Å². The number of aromatic nitrogens is 1. The molecule has 2 rings (SSSR count). The first-order chi connectivity index (χ1) is 10.0. The van der Waals surface area contributed by atoms with E-state index in [-0.39, 0.29) is 12.1 Å². The second kappa shape index (κ2) is 7.57. The third-order valence-corrected chi connectivity index (χ3v) is 3.56. The summed E-state index contributed by atoms with van der Waals surface area (Å²) in [6, 6.07) is 14.4. The molecule has 0 fully saturated rings.